The maximum Gasteiger partial charge on any atom is 0.117 e. The van der Waals surface area contributed by atoms with Gasteiger partial charge in [-0.1, -0.05) is 29.3 Å². The van der Waals surface area contributed by atoms with Crippen LogP contribution in [0.15, 0.2) is 41.0 Å². The molecule has 0 fully saturated rings. The van der Waals surface area contributed by atoms with Crippen LogP contribution in [0.2, 0.25) is 10.0 Å². The number of benzene rings is 1. The van der Waals surface area contributed by atoms with Gasteiger partial charge >= 0.3 is 0 Å². The van der Waals surface area contributed by atoms with Gasteiger partial charge in [-0.05, 0) is 29.8 Å². The smallest absolute Gasteiger partial charge is 0.117 e. The van der Waals surface area contributed by atoms with Gasteiger partial charge in [0.25, 0.3) is 0 Å². The Labute approximate surface area is 116 Å². The summed E-state index contributed by atoms with van der Waals surface area (Å²) in [5.74, 6) is 0.907. The van der Waals surface area contributed by atoms with Gasteiger partial charge in [-0.15, -0.1) is 12.4 Å². The van der Waals surface area contributed by atoms with E-state index in [4.69, 9.17) is 27.6 Å². The van der Waals surface area contributed by atoms with Gasteiger partial charge in [0.15, 0.2) is 0 Å². The highest BCUT2D eigenvalue weighted by molar-refractivity contribution is 6.35. The van der Waals surface area contributed by atoms with Crippen LogP contribution in [0.3, 0.4) is 0 Å². The van der Waals surface area contributed by atoms with Crippen molar-refractivity contribution < 1.29 is 4.42 Å². The third-order valence-electron chi connectivity index (χ3n) is 2.21. The van der Waals surface area contributed by atoms with Crippen LogP contribution in [0.25, 0.3) is 0 Å². The van der Waals surface area contributed by atoms with Crippen molar-refractivity contribution in [2.24, 2.45) is 0 Å². The maximum absolute atomic E-state index is 6.04. The lowest BCUT2D eigenvalue weighted by Crippen LogP contribution is -2.12. The van der Waals surface area contributed by atoms with Crippen molar-refractivity contribution >= 4 is 35.6 Å². The minimum absolute atomic E-state index is 0. The average Bonchev–Trinajstić information content (AvgIpc) is 2.74. The highest BCUT2D eigenvalue weighted by atomic mass is 35.5. The fourth-order valence-electron chi connectivity index (χ4n) is 1.40. The standard InChI is InChI=1S/C12H11Cl2NO.ClH/c13-10-4-3-9(12(14)6-10)7-15-8-11-2-1-5-16-11;/h1-6,15H,7-8H2;1H. The fourth-order valence-corrected chi connectivity index (χ4v) is 1.87. The van der Waals surface area contributed by atoms with Crippen molar-refractivity contribution in [3.8, 4) is 0 Å². The molecule has 0 amide bonds. The van der Waals surface area contributed by atoms with Crippen LogP contribution >= 0.6 is 35.6 Å². The molecule has 92 valence electrons. The molecule has 2 aromatic rings. The third kappa shape index (κ3) is 4.25. The monoisotopic (exact) mass is 291 g/mol. The van der Waals surface area contributed by atoms with Crippen molar-refractivity contribution in [1.29, 1.82) is 0 Å². The average molecular weight is 293 g/mol. The topological polar surface area (TPSA) is 25.2 Å². The molecule has 0 radical (unpaired) electrons. The summed E-state index contributed by atoms with van der Waals surface area (Å²) in [6.45, 7) is 1.38. The summed E-state index contributed by atoms with van der Waals surface area (Å²) in [4.78, 5) is 0. The number of furan rings is 1. The SMILES string of the molecule is Cl.Clc1ccc(CNCc2ccco2)c(Cl)c1. The van der Waals surface area contributed by atoms with Gasteiger partial charge in [0.05, 0.1) is 12.8 Å². The van der Waals surface area contributed by atoms with E-state index in [1.165, 1.54) is 0 Å². The molecule has 1 aromatic heterocycles. The van der Waals surface area contributed by atoms with Crippen LogP contribution in [-0.2, 0) is 13.1 Å². The van der Waals surface area contributed by atoms with Crippen molar-refractivity contribution in [1.82, 2.24) is 5.32 Å². The Bertz CT molecular complexity index is 457. The molecule has 0 spiro atoms. The zero-order chi connectivity index (χ0) is 11.4. The maximum atomic E-state index is 6.04. The zero-order valence-electron chi connectivity index (χ0n) is 8.95. The first-order valence-electron chi connectivity index (χ1n) is 4.93. The summed E-state index contributed by atoms with van der Waals surface area (Å²) in [6, 6.07) is 9.28. The van der Waals surface area contributed by atoms with E-state index in [1.54, 1.807) is 12.3 Å². The molecule has 0 aliphatic carbocycles. The summed E-state index contributed by atoms with van der Waals surface area (Å²) in [6.07, 6.45) is 1.66. The summed E-state index contributed by atoms with van der Waals surface area (Å²) >= 11 is 11.9. The number of nitrogens with one attached hydrogen (secondary N) is 1. The van der Waals surface area contributed by atoms with Gasteiger partial charge in [-0.3, -0.25) is 0 Å². The van der Waals surface area contributed by atoms with Crippen LogP contribution in [-0.4, -0.2) is 0 Å². The molecule has 0 aliphatic heterocycles. The Morgan fingerprint density at radius 3 is 2.59 bits per heavy atom. The molecule has 0 unspecified atom stereocenters. The van der Waals surface area contributed by atoms with Crippen LogP contribution < -0.4 is 5.32 Å². The van der Waals surface area contributed by atoms with E-state index in [2.05, 4.69) is 5.32 Å². The van der Waals surface area contributed by atoms with Crippen molar-refractivity contribution in [3.05, 3.63) is 58.0 Å². The van der Waals surface area contributed by atoms with E-state index in [0.29, 0.717) is 23.1 Å². The Hall–Kier alpha value is -0.670. The molecule has 2 nitrogen and oxygen atoms in total. The van der Waals surface area contributed by atoms with Crippen LogP contribution in [0, 0.1) is 0 Å². The molecule has 1 aromatic carbocycles. The molecular weight excluding hydrogens is 280 g/mol. The lowest BCUT2D eigenvalue weighted by Gasteiger charge is -2.05. The minimum Gasteiger partial charge on any atom is -0.468 e. The first-order valence-corrected chi connectivity index (χ1v) is 5.68. The van der Waals surface area contributed by atoms with E-state index in [9.17, 15) is 0 Å². The summed E-state index contributed by atoms with van der Waals surface area (Å²) < 4.78 is 5.20. The highest BCUT2D eigenvalue weighted by Gasteiger charge is 2.01. The Kier molecular flexibility index (Phi) is 5.86. The van der Waals surface area contributed by atoms with Gasteiger partial charge in [0.2, 0.25) is 0 Å². The molecule has 1 heterocycles. The van der Waals surface area contributed by atoms with Gasteiger partial charge in [0, 0.05) is 16.6 Å². The normalized spacial score (nSPS) is 10.0. The molecular formula is C12H12Cl3NO. The first kappa shape index (κ1) is 14.4. The molecule has 0 saturated heterocycles. The second-order valence-electron chi connectivity index (χ2n) is 3.42. The van der Waals surface area contributed by atoms with E-state index < -0.39 is 0 Å². The predicted octanol–water partition coefficient (Wildman–Crippen LogP) is 4.30. The number of halogens is 3. The van der Waals surface area contributed by atoms with Gasteiger partial charge in [0.1, 0.15) is 5.76 Å². The lowest BCUT2D eigenvalue weighted by atomic mass is 10.2. The Balaban J connectivity index is 0.00000144. The molecule has 0 saturated carbocycles. The third-order valence-corrected chi connectivity index (χ3v) is 2.80. The molecule has 2 rings (SSSR count). The van der Waals surface area contributed by atoms with Gasteiger partial charge in [-0.25, -0.2) is 0 Å². The van der Waals surface area contributed by atoms with Crippen LogP contribution in [0.1, 0.15) is 11.3 Å². The summed E-state index contributed by atoms with van der Waals surface area (Å²) in [5, 5.41) is 4.58. The van der Waals surface area contributed by atoms with Gasteiger partial charge < -0.3 is 9.73 Å². The van der Waals surface area contributed by atoms with Crippen LogP contribution in [0.4, 0.5) is 0 Å². The molecule has 17 heavy (non-hydrogen) atoms. The van der Waals surface area contributed by atoms with E-state index in [-0.39, 0.29) is 12.4 Å². The molecule has 0 atom stereocenters. The van der Waals surface area contributed by atoms with E-state index >= 15 is 0 Å². The predicted molar refractivity (Wildman–Crippen MR) is 73.0 cm³/mol. The fraction of sp³-hybridized carbons (Fsp3) is 0.167. The largest absolute Gasteiger partial charge is 0.468 e. The van der Waals surface area contributed by atoms with E-state index in [0.717, 1.165) is 11.3 Å². The Morgan fingerprint density at radius 2 is 1.94 bits per heavy atom. The second-order valence-corrected chi connectivity index (χ2v) is 4.26. The lowest BCUT2D eigenvalue weighted by molar-refractivity contribution is 0.483. The zero-order valence-corrected chi connectivity index (χ0v) is 11.3. The van der Waals surface area contributed by atoms with Crippen LogP contribution in [0.5, 0.6) is 0 Å². The molecule has 0 aliphatic rings. The molecule has 5 heteroatoms. The quantitative estimate of drug-likeness (QED) is 0.909. The second kappa shape index (κ2) is 6.92. The minimum atomic E-state index is 0. The summed E-state index contributed by atoms with van der Waals surface area (Å²) in [7, 11) is 0. The van der Waals surface area contributed by atoms with Crippen molar-refractivity contribution in [2.45, 2.75) is 13.1 Å². The number of hydrogen-bond acceptors (Lipinski definition) is 2. The van der Waals surface area contributed by atoms with Crippen molar-refractivity contribution in [2.75, 3.05) is 0 Å². The molecule has 1 N–H and O–H groups in total. The molecule has 0 bridgehead atoms. The number of hydrogen-bond donors (Lipinski definition) is 1. The van der Waals surface area contributed by atoms with E-state index in [1.807, 2.05) is 24.3 Å². The first-order chi connectivity index (χ1) is 7.75. The van der Waals surface area contributed by atoms with Gasteiger partial charge in [-0.2, -0.15) is 0 Å². The summed E-state index contributed by atoms with van der Waals surface area (Å²) in [5.41, 5.74) is 1.03. The highest BCUT2D eigenvalue weighted by Crippen LogP contribution is 2.20. The Morgan fingerprint density at radius 1 is 1.12 bits per heavy atom. The van der Waals surface area contributed by atoms with Crippen molar-refractivity contribution in [3.63, 3.8) is 0 Å². The number of rotatable bonds is 4.